The molecule has 0 radical (unpaired) electrons. The SMILES string of the molecule is CCO[C@H](C)c1nc(CC(=O)N[C@@H](CC)c2ccccc2O)cs1. The average molecular weight is 348 g/mol. The first-order chi connectivity index (χ1) is 11.5. The van der Waals surface area contributed by atoms with Crippen molar-refractivity contribution in [2.45, 2.75) is 45.8 Å². The number of para-hydroxylation sites is 1. The van der Waals surface area contributed by atoms with Gasteiger partial charge >= 0.3 is 0 Å². The molecule has 6 heteroatoms. The number of hydrogen-bond donors (Lipinski definition) is 2. The molecule has 1 aromatic carbocycles. The number of benzene rings is 1. The van der Waals surface area contributed by atoms with Crippen LogP contribution >= 0.6 is 11.3 Å². The Kier molecular flexibility index (Phi) is 6.75. The monoisotopic (exact) mass is 348 g/mol. The number of carbonyl (C=O) groups excluding carboxylic acids is 1. The number of phenols is 1. The highest BCUT2D eigenvalue weighted by Gasteiger charge is 2.17. The number of aromatic nitrogens is 1. The molecular formula is C18H24N2O3S. The van der Waals surface area contributed by atoms with E-state index in [9.17, 15) is 9.90 Å². The molecule has 1 heterocycles. The molecule has 2 N–H and O–H groups in total. The van der Waals surface area contributed by atoms with Gasteiger partial charge in [0.2, 0.25) is 5.91 Å². The molecule has 130 valence electrons. The molecule has 5 nitrogen and oxygen atoms in total. The zero-order valence-corrected chi connectivity index (χ0v) is 15.1. The molecule has 2 rings (SSSR count). The maximum absolute atomic E-state index is 12.3. The van der Waals surface area contributed by atoms with E-state index in [1.165, 1.54) is 11.3 Å². The minimum Gasteiger partial charge on any atom is -0.508 e. The van der Waals surface area contributed by atoms with Crippen molar-refractivity contribution >= 4 is 17.2 Å². The summed E-state index contributed by atoms with van der Waals surface area (Å²) in [6, 6.07) is 6.87. The number of nitrogens with one attached hydrogen (secondary N) is 1. The molecule has 0 fully saturated rings. The first-order valence-corrected chi connectivity index (χ1v) is 9.06. The van der Waals surface area contributed by atoms with Crippen LogP contribution in [-0.4, -0.2) is 22.6 Å². The fourth-order valence-corrected chi connectivity index (χ4v) is 3.33. The van der Waals surface area contributed by atoms with E-state index in [1.807, 2.05) is 38.3 Å². The van der Waals surface area contributed by atoms with Crippen LogP contribution in [0.2, 0.25) is 0 Å². The van der Waals surface area contributed by atoms with Gasteiger partial charge in [0.05, 0.1) is 18.2 Å². The van der Waals surface area contributed by atoms with Crippen LogP contribution in [0.25, 0.3) is 0 Å². The molecule has 0 aliphatic rings. The fraction of sp³-hybridized carbons (Fsp3) is 0.444. The van der Waals surface area contributed by atoms with Gasteiger partial charge in [-0.2, -0.15) is 0 Å². The summed E-state index contributed by atoms with van der Waals surface area (Å²) >= 11 is 1.51. The van der Waals surface area contributed by atoms with Crippen LogP contribution in [0, 0.1) is 0 Å². The lowest BCUT2D eigenvalue weighted by atomic mass is 10.0. The van der Waals surface area contributed by atoms with Crippen molar-refractivity contribution in [1.29, 1.82) is 0 Å². The maximum Gasteiger partial charge on any atom is 0.226 e. The maximum atomic E-state index is 12.3. The molecule has 0 bridgehead atoms. The van der Waals surface area contributed by atoms with Crippen LogP contribution in [0.1, 0.15) is 55.6 Å². The molecule has 0 spiro atoms. The van der Waals surface area contributed by atoms with Gasteiger partial charge in [-0.25, -0.2) is 4.98 Å². The molecule has 0 saturated carbocycles. The molecule has 2 aromatic rings. The second-order valence-corrected chi connectivity index (χ2v) is 6.43. The summed E-state index contributed by atoms with van der Waals surface area (Å²) < 4.78 is 5.52. The van der Waals surface area contributed by atoms with Gasteiger partial charge in [-0.3, -0.25) is 4.79 Å². The summed E-state index contributed by atoms with van der Waals surface area (Å²) in [7, 11) is 0. The van der Waals surface area contributed by atoms with E-state index in [0.29, 0.717) is 13.0 Å². The Bertz CT molecular complexity index is 672. The van der Waals surface area contributed by atoms with Crippen molar-refractivity contribution in [2.24, 2.45) is 0 Å². The predicted octanol–water partition coefficient (Wildman–Crippen LogP) is 3.76. The van der Waals surface area contributed by atoms with Crippen molar-refractivity contribution < 1.29 is 14.6 Å². The van der Waals surface area contributed by atoms with Gasteiger partial charge in [-0.15, -0.1) is 11.3 Å². The highest BCUT2D eigenvalue weighted by molar-refractivity contribution is 7.09. The molecule has 0 saturated heterocycles. The van der Waals surface area contributed by atoms with E-state index >= 15 is 0 Å². The summed E-state index contributed by atoms with van der Waals surface area (Å²) in [6.45, 7) is 6.51. The number of rotatable bonds is 8. The van der Waals surface area contributed by atoms with E-state index in [4.69, 9.17) is 4.74 Å². The first kappa shape index (κ1) is 18.4. The first-order valence-electron chi connectivity index (χ1n) is 8.18. The molecule has 0 aliphatic heterocycles. The van der Waals surface area contributed by atoms with Gasteiger partial charge in [0, 0.05) is 17.6 Å². The minimum atomic E-state index is -0.209. The molecular weight excluding hydrogens is 324 g/mol. The van der Waals surface area contributed by atoms with Gasteiger partial charge in [0.1, 0.15) is 16.9 Å². The smallest absolute Gasteiger partial charge is 0.226 e. The minimum absolute atomic E-state index is 0.0542. The van der Waals surface area contributed by atoms with E-state index < -0.39 is 0 Å². The molecule has 0 aliphatic carbocycles. The predicted molar refractivity (Wildman–Crippen MR) is 95.1 cm³/mol. The summed E-state index contributed by atoms with van der Waals surface area (Å²) in [5.41, 5.74) is 1.48. The van der Waals surface area contributed by atoms with Crippen LogP contribution in [0.3, 0.4) is 0 Å². The quantitative estimate of drug-likeness (QED) is 0.762. The Labute approximate surface area is 146 Å². The average Bonchev–Trinajstić information content (AvgIpc) is 3.02. The number of phenolic OH excluding ortho intramolecular Hbond substituents is 1. The number of nitrogens with zero attached hydrogens (tertiary/aromatic N) is 1. The summed E-state index contributed by atoms with van der Waals surface area (Å²) in [4.78, 5) is 16.8. The zero-order chi connectivity index (χ0) is 17.5. The third kappa shape index (κ3) is 4.79. The Morgan fingerprint density at radius 2 is 2.12 bits per heavy atom. The lowest BCUT2D eigenvalue weighted by molar-refractivity contribution is -0.121. The standard InChI is InChI=1S/C18H24N2O3S/c1-4-15(14-8-6-7-9-16(14)21)20-17(22)10-13-11-24-18(19-13)12(3)23-5-2/h6-9,11-12,15,21H,4-5,10H2,1-3H3,(H,20,22)/t12-,15+/m1/s1. The number of thiazole rings is 1. The lowest BCUT2D eigenvalue weighted by Crippen LogP contribution is -2.29. The zero-order valence-electron chi connectivity index (χ0n) is 14.3. The van der Waals surface area contributed by atoms with Crippen LogP contribution in [0.15, 0.2) is 29.6 Å². The second-order valence-electron chi connectivity index (χ2n) is 5.54. The van der Waals surface area contributed by atoms with Gasteiger partial charge in [-0.1, -0.05) is 25.1 Å². The Balaban J connectivity index is 1.98. The molecule has 24 heavy (non-hydrogen) atoms. The third-order valence-electron chi connectivity index (χ3n) is 3.73. The highest BCUT2D eigenvalue weighted by Crippen LogP contribution is 2.26. The largest absolute Gasteiger partial charge is 0.508 e. The van der Waals surface area contributed by atoms with E-state index in [1.54, 1.807) is 12.1 Å². The third-order valence-corrected chi connectivity index (χ3v) is 4.79. The number of ether oxygens (including phenoxy) is 1. The van der Waals surface area contributed by atoms with Crippen molar-refractivity contribution in [2.75, 3.05) is 6.61 Å². The van der Waals surface area contributed by atoms with Crippen LogP contribution in [0.5, 0.6) is 5.75 Å². The number of amides is 1. The van der Waals surface area contributed by atoms with Crippen molar-refractivity contribution in [3.8, 4) is 5.75 Å². The normalized spacial score (nSPS) is 13.5. The summed E-state index contributed by atoms with van der Waals surface area (Å²) in [5, 5.41) is 15.7. The molecule has 2 atom stereocenters. The highest BCUT2D eigenvalue weighted by atomic mass is 32.1. The van der Waals surface area contributed by atoms with Gasteiger partial charge in [-0.05, 0) is 26.3 Å². The summed E-state index contributed by atoms with van der Waals surface area (Å²) in [5.74, 6) is 0.0946. The van der Waals surface area contributed by atoms with Gasteiger partial charge in [0.25, 0.3) is 0 Å². The van der Waals surface area contributed by atoms with Crippen molar-refractivity contribution in [3.05, 3.63) is 45.9 Å². The fourth-order valence-electron chi connectivity index (χ4n) is 2.50. The lowest BCUT2D eigenvalue weighted by Gasteiger charge is -2.18. The van der Waals surface area contributed by atoms with Crippen molar-refractivity contribution in [3.63, 3.8) is 0 Å². The van der Waals surface area contributed by atoms with E-state index in [0.717, 1.165) is 16.3 Å². The number of hydrogen-bond acceptors (Lipinski definition) is 5. The number of carbonyl (C=O) groups is 1. The molecule has 1 aromatic heterocycles. The molecule has 1 amide bonds. The van der Waals surface area contributed by atoms with E-state index in [2.05, 4.69) is 10.3 Å². The Morgan fingerprint density at radius 3 is 2.79 bits per heavy atom. The van der Waals surface area contributed by atoms with E-state index in [-0.39, 0.29) is 30.2 Å². The second kappa shape index (κ2) is 8.80. The topological polar surface area (TPSA) is 71.5 Å². The summed E-state index contributed by atoms with van der Waals surface area (Å²) in [6.07, 6.45) is 0.869. The Hall–Kier alpha value is -1.92. The van der Waals surface area contributed by atoms with Crippen LogP contribution < -0.4 is 5.32 Å². The van der Waals surface area contributed by atoms with Crippen LogP contribution in [0.4, 0.5) is 0 Å². The molecule has 0 unspecified atom stereocenters. The van der Waals surface area contributed by atoms with Gasteiger partial charge < -0.3 is 15.2 Å². The van der Waals surface area contributed by atoms with Crippen molar-refractivity contribution in [1.82, 2.24) is 10.3 Å². The van der Waals surface area contributed by atoms with Gasteiger partial charge in [0.15, 0.2) is 0 Å². The van der Waals surface area contributed by atoms with Crippen LogP contribution in [-0.2, 0) is 16.0 Å². The Morgan fingerprint density at radius 1 is 1.38 bits per heavy atom. The number of aromatic hydroxyl groups is 1.